The van der Waals surface area contributed by atoms with Gasteiger partial charge in [0, 0.05) is 0 Å². The third-order valence-corrected chi connectivity index (χ3v) is 12.1. The Morgan fingerprint density at radius 1 is 0.458 bits per heavy atom. The third-order valence-electron chi connectivity index (χ3n) is 12.1. The minimum atomic E-state index is -0.688. The van der Waals surface area contributed by atoms with Gasteiger partial charge in [-0.2, -0.15) is 0 Å². The lowest BCUT2D eigenvalue weighted by Crippen LogP contribution is -2.21. The molecule has 2 aromatic carbocycles. The summed E-state index contributed by atoms with van der Waals surface area (Å²) in [5.41, 5.74) is 2.48. The first-order valence-corrected chi connectivity index (χ1v) is 23.5. The Labute approximate surface area is 358 Å². The zero-order valence-corrected chi connectivity index (χ0v) is 38.5. The molecule has 0 aromatic heterocycles. The van der Waals surface area contributed by atoms with Gasteiger partial charge in [-0.3, -0.25) is 4.79 Å². The molecule has 0 saturated carbocycles. The van der Waals surface area contributed by atoms with E-state index in [9.17, 15) is 19.2 Å². The average Bonchev–Trinajstić information content (AvgIpc) is 3.26. The Morgan fingerprint density at radius 2 is 0.881 bits per heavy atom. The molecule has 0 aliphatic carbocycles. The molecule has 0 saturated heterocycles. The van der Waals surface area contributed by atoms with Crippen LogP contribution in [0.1, 0.15) is 214 Å². The zero-order valence-electron chi connectivity index (χ0n) is 38.5. The van der Waals surface area contributed by atoms with E-state index >= 15 is 0 Å². The molecule has 2 rings (SSSR count). The van der Waals surface area contributed by atoms with E-state index in [0.29, 0.717) is 41.9 Å². The molecule has 8 heteroatoms. The summed E-state index contributed by atoms with van der Waals surface area (Å²) in [4.78, 5) is 55.4. The molecular formula is C51H80O8. The smallest absolute Gasteiger partial charge is 0.339 e. The molecule has 5 unspecified atom stereocenters. The SMILES string of the molecule is CCCCC(CC)COC(=O)c1ccc(-c2ccc(C(=O)OCC(CC)CCCC)c(C(=O)OCC(CC)CCCC)c2)c(C(CC)C(=O)OCC(CC)CCCC)c1. The number of rotatable bonds is 31. The van der Waals surface area contributed by atoms with Crippen molar-refractivity contribution in [3.05, 3.63) is 58.7 Å². The molecule has 0 aliphatic rings. The lowest BCUT2D eigenvalue weighted by Gasteiger charge is -2.22. The van der Waals surface area contributed by atoms with Crippen LogP contribution in [0.5, 0.6) is 0 Å². The standard InChI is InChI=1S/C51H80O8/c1-10-19-23-37(14-5)33-56-48(52)42-28-29-44(46(32-42)43(18-9)49(53)57-34-38(15-6)24-20-11-2)41-27-30-45(50(54)58-35-39(16-7)25-21-12-3)47(31-41)51(55)59-36-40(17-8)26-22-13-4/h27-32,37-40,43H,10-26,33-36H2,1-9H3. The Bertz CT molecular complexity index is 1530. The van der Waals surface area contributed by atoms with Crippen LogP contribution < -0.4 is 0 Å². The molecular weight excluding hydrogens is 741 g/mol. The minimum Gasteiger partial charge on any atom is -0.465 e. The monoisotopic (exact) mass is 821 g/mol. The van der Waals surface area contributed by atoms with E-state index in [1.807, 2.05) is 13.0 Å². The van der Waals surface area contributed by atoms with Gasteiger partial charge in [0.2, 0.25) is 0 Å². The number of carbonyl (C=O) groups excluding carboxylic acids is 4. The van der Waals surface area contributed by atoms with Crippen molar-refractivity contribution in [2.75, 3.05) is 26.4 Å². The minimum absolute atomic E-state index is 0.115. The van der Waals surface area contributed by atoms with E-state index in [0.717, 1.165) is 103 Å². The number of benzene rings is 2. The molecule has 5 atom stereocenters. The van der Waals surface area contributed by atoms with Gasteiger partial charge in [-0.05, 0) is 96.7 Å². The summed E-state index contributed by atoms with van der Waals surface area (Å²) in [6.45, 7) is 20.2. The van der Waals surface area contributed by atoms with Crippen molar-refractivity contribution in [1.29, 1.82) is 0 Å². The molecule has 2 aromatic rings. The third kappa shape index (κ3) is 17.4. The summed E-state index contributed by atoms with van der Waals surface area (Å²) in [6, 6.07) is 10.4. The normalized spacial score (nSPS) is 13.8. The fourth-order valence-electron chi connectivity index (χ4n) is 7.53. The molecule has 8 nitrogen and oxygen atoms in total. The quantitative estimate of drug-likeness (QED) is 0.0547. The summed E-state index contributed by atoms with van der Waals surface area (Å²) in [5.74, 6) is -1.65. The Kier molecular flexibility index (Phi) is 25.8. The highest BCUT2D eigenvalue weighted by atomic mass is 16.5. The van der Waals surface area contributed by atoms with Gasteiger partial charge in [0.1, 0.15) is 0 Å². The number of esters is 4. The van der Waals surface area contributed by atoms with Crippen molar-refractivity contribution in [3.63, 3.8) is 0 Å². The Morgan fingerprint density at radius 3 is 1.31 bits per heavy atom. The molecule has 0 spiro atoms. The van der Waals surface area contributed by atoms with E-state index in [2.05, 4.69) is 55.4 Å². The molecule has 0 heterocycles. The average molecular weight is 821 g/mol. The van der Waals surface area contributed by atoms with Crippen LogP contribution in [0.3, 0.4) is 0 Å². The van der Waals surface area contributed by atoms with Crippen LogP contribution in [-0.4, -0.2) is 50.3 Å². The Balaban J connectivity index is 2.68. The maximum atomic E-state index is 14.0. The maximum absolute atomic E-state index is 14.0. The molecule has 0 N–H and O–H groups in total. The van der Waals surface area contributed by atoms with Crippen molar-refractivity contribution in [2.24, 2.45) is 23.7 Å². The first kappa shape index (κ1) is 51.5. The van der Waals surface area contributed by atoms with Crippen LogP contribution in [0.15, 0.2) is 36.4 Å². The molecule has 0 fully saturated rings. The second-order valence-corrected chi connectivity index (χ2v) is 16.6. The van der Waals surface area contributed by atoms with Crippen LogP contribution in [0, 0.1) is 23.7 Å². The van der Waals surface area contributed by atoms with Crippen LogP contribution in [0.2, 0.25) is 0 Å². The summed E-state index contributed by atoms with van der Waals surface area (Å²) >= 11 is 0. The number of hydrogen-bond donors (Lipinski definition) is 0. The van der Waals surface area contributed by atoms with Gasteiger partial charge in [0.05, 0.1) is 49.0 Å². The number of hydrogen-bond acceptors (Lipinski definition) is 8. The van der Waals surface area contributed by atoms with Crippen LogP contribution >= 0.6 is 0 Å². The molecule has 0 amide bonds. The van der Waals surface area contributed by atoms with Gasteiger partial charge >= 0.3 is 23.9 Å². The van der Waals surface area contributed by atoms with Crippen molar-refractivity contribution >= 4 is 23.9 Å². The number of unbranched alkanes of at least 4 members (excludes halogenated alkanes) is 4. The number of carbonyl (C=O) groups is 4. The highest BCUT2D eigenvalue weighted by Crippen LogP contribution is 2.35. The van der Waals surface area contributed by atoms with E-state index in [-0.39, 0.29) is 54.0 Å². The fraction of sp³-hybridized carbons (Fsp3) is 0.686. The van der Waals surface area contributed by atoms with E-state index in [1.165, 1.54) is 0 Å². The highest BCUT2D eigenvalue weighted by molar-refractivity contribution is 6.04. The van der Waals surface area contributed by atoms with Gasteiger partial charge in [0.25, 0.3) is 0 Å². The summed E-state index contributed by atoms with van der Waals surface area (Å²) in [7, 11) is 0. The zero-order chi connectivity index (χ0) is 43.6. The van der Waals surface area contributed by atoms with Gasteiger partial charge in [0.15, 0.2) is 0 Å². The molecule has 59 heavy (non-hydrogen) atoms. The molecule has 0 radical (unpaired) electrons. The molecule has 0 bridgehead atoms. The fourth-order valence-corrected chi connectivity index (χ4v) is 7.53. The summed E-state index contributed by atoms with van der Waals surface area (Å²) in [6.07, 6.45) is 16.5. The Hall–Kier alpha value is -3.68. The van der Waals surface area contributed by atoms with Gasteiger partial charge in [-0.25, -0.2) is 14.4 Å². The molecule has 332 valence electrons. The summed E-state index contributed by atoms with van der Waals surface area (Å²) < 4.78 is 23.7. The first-order chi connectivity index (χ1) is 28.5. The second-order valence-electron chi connectivity index (χ2n) is 16.6. The topological polar surface area (TPSA) is 105 Å². The predicted molar refractivity (Wildman–Crippen MR) is 240 cm³/mol. The van der Waals surface area contributed by atoms with Gasteiger partial charge in [-0.15, -0.1) is 0 Å². The van der Waals surface area contributed by atoms with Gasteiger partial charge in [-0.1, -0.05) is 151 Å². The van der Waals surface area contributed by atoms with Crippen LogP contribution in [0.25, 0.3) is 11.1 Å². The van der Waals surface area contributed by atoms with E-state index in [1.54, 1.807) is 30.3 Å². The van der Waals surface area contributed by atoms with Crippen molar-refractivity contribution in [3.8, 4) is 11.1 Å². The number of ether oxygens (including phenoxy) is 4. The van der Waals surface area contributed by atoms with E-state index in [4.69, 9.17) is 18.9 Å². The van der Waals surface area contributed by atoms with Gasteiger partial charge < -0.3 is 18.9 Å². The van der Waals surface area contributed by atoms with Crippen LogP contribution in [0.4, 0.5) is 0 Å². The molecule has 0 aliphatic heterocycles. The van der Waals surface area contributed by atoms with E-state index < -0.39 is 23.8 Å². The lowest BCUT2D eigenvalue weighted by molar-refractivity contribution is -0.147. The van der Waals surface area contributed by atoms with Crippen molar-refractivity contribution < 1.29 is 38.1 Å². The predicted octanol–water partition coefficient (Wildman–Crippen LogP) is 13.7. The maximum Gasteiger partial charge on any atom is 0.339 e. The van der Waals surface area contributed by atoms with Crippen molar-refractivity contribution in [2.45, 2.75) is 177 Å². The lowest BCUT2D eigenvalue weighted by atomic mass is 9.86. The van der Waals surface area contributed by atoms with Crippen molar-refractivity contribution in [1.82, 2.24) is 0 Å². The first-order valence-electron chi connectivity index (χ1n) is 23.5. The van der Waals surface area contributed by atoms with Crippen LogP contribution in [-0.2, 0) is 23.7 Å². The second kappa shape index (κ2) is 29.5. The summed E-state index contributed by atoms with van der Waals surface area (Å²) in [5, 5.41) is 0. The largest absolute Gasteiger partial charge is 0.465 e. The highest BCUT2D eigenvalue weighted by Gasteiger charge is 2.28.